The van der Waals surface area contributed by atoms with Crippen molar-refractivity contribution in [2.75, 3.05) is 12.3 Å². The van der Waals surface area contributed by atoms with E-state index in [0.29, 0.717) is 23.6 Å². The summed E-state index contributed by atoms with van der Waals surface area (Å²) in [6, 6.07) is 5.48. The Labute approximate surface area is 154 Å². The van der Waals surface area contributed by atoms with Crippen LogP contribution in [0.5, 0.6) is 0 Å². The van der Waals surface area contributed by atoms with Crippen LogP contribution < -0.4 is 11.1 Å². The number of hydrogen-bond donors (Lipinski definition) is 2. The van der Waals surface area contributed by atoms with Gasteiger partial charge in [-0.2, -0.15) is 0 Å². The molecule has 1 aromatic heterocycles. The van der Waals surface area contributed by atoms with Gasteiger partial charge in [0.25, 0.3) is 0 Å². The molecule has 0 unspecified atom stereocenters. The molecule has 2 aliphatic rings. The van der Waals surface area contributed by atoms with Gasteiger partial charge >= 0.3 is 0 Å². The number of hydrogen-bond acceptors (Lipinski definition) is 6. The number of rotatable bonds is 4. The molecule has 27 heavy (non-hydrogen) atoms. The fourth-order valence-electron chi connectivity index (χ4n) is 3.07. The second-order valence-electron chi connectivity index (χ2n) is 6.15. The maximum Gasteiger partial charge on any atom is 0.220 e. The number of benzene rings is 1. The molecule has 136 valence electrons. The molecule has 2 aromatic rings. The van der Waals surface area contributed by atoms with E-state index in [4.69, 9.17) is 5.73 Å². The van der Waals surface area contributed by atoms with Crippen molar-refractivity contribution in [3.8, 4) is 0 Å². The molecule has 0 spiro atoms. The number of nitrogen functional groups attached to an aromatic ring is 1. The maximum absolute atomic E-state index is 14.0. The Morgan fingerprint density at radius 2 is 1.96 bits per heavy atom. The molecule has 4 rings (SSSR count). The second-order valence-corrected chi connectivity index (χ2v) is 6.15. The highest BCUT2D eigenvalue weighted by molar-refractivity contribution is 6.22. The quantitative estimate of drug-likeness (QED) is 0.870. The van der Waals surface area contributed by atoms with E-state index in [1.54, 1.807) is 12.3 Å². The number of aliphatic imine (C=N–C) groups is 2. The Hall–Kier alpha value is -3.42. The molecule has 2 aliphatic heterocycles. The summed E-state index contributed by atoms with van der Waals surface area (Å²) in [6.45, 7) is 2.23. The van der Waals surface area contributed by atoms with Crippen molar-refractivity contribution < 1.29 is 8.78 Å². The van der Waals surface area contributed by atoms with E-state index in [0.717, 1.165) is 17.0 Å². The summed E-state index contributed by atoms with van der Waals surface area (Å²) in [7, 11) is 0. The highest BCUT2D eigenvalue weighted by Crippen LogP contribution is 2.25. The molecule has 0 radical (unpaired) electrons. The molecule has 6 nitrogen and oxygen atoms in total. The number of halogens is 2. The minimum Gasteiger partial charge on any atom is -0.378 e. The van der Waals surface area contributed by atoms with E-state index in [1.807, 2.05) is 13.0 Å². The summed E-state index contributed by atoms with van der Waals surface area (Å²) >= 11 is 0. The molecule has 8 heteroatoms. The van der Waals surface area contributed by atoms with Crippen LogP contribution in [0.15, 0.2) is 63.5 Å². The average Bonchev–Trinajstić information content (AvgIpc) is 3.01. The highest BCUT2D eigenvalue weighted by atomic mass is 19.1. The van der Waals surface area contributed by atoms with Gasteiger partial charge in [0, 0.05) is 29.6 Å². The van der Waals surface area contributed by atoms with Crippen molar-refractivity contribution in [1.82, 2.24) is 15.3 Å². The molecule has 0 amide bonds. The topological polar surface area (TPSA) is 88.5 Å². The Morgan fingerprint density at radius 3 is 2.70 bits per heavy atom. The lowest BCUT2D eigenvalue weighted by Crippen LogP contribution is -2.30. The van der Waals surface area contributed by atoms with Crippen LogP contribution in [0.2, 0.25) is 0 Å². The molecule has 0 saturated heterocycles. The molecular weight excluding hydrogens is 350 g/mol. The van der Waals surface area contributed by atoms with Gasteiger partial charge < -0.3 is 11.1 Å². The zero-order valence-electron chi connectivity index (χ0n) is 14.5. The molecule has 0 fully saturated rings. The number of aromatic nitrogens is 2. The van der Waals surface area contributed by atoms with Crippen molar-refractivity contribution >= 4 is 17.4 Å². The molecule has 3 N–H and O–H groups in total. The van der Waals surface area contributed by atoms with Crippen molar-refractivity contribution in [3.05, 3.63) is 76.4 Å². The number of anilines is 1. The summed E-state index contributed by atoms with van der Waals surface area (Å²) in [4.78, 5) is 17.1. The minimum atomic E-state index is -0.610. The number of nitrogens with one attached hydrogen (secondary N) is 1. The lowest BCUT2D eigenvalue weighted by Gasteiger charge is -2.21. The second kappa shape index (κ2) is 6.71. The Balaban J connectivity index is 1.74. The third-order valence-electron chi connectivity index (χ3n) is 4.29. The summed E-state index contributed by atoms with van der Waals surface area (Å²) < 4.78 is 28.0. The standard InChI is InChI=1S/C19H16F2N6/c1-10-7-11-16(26-10)9-25-18(15-5-6-23-19(22)27-15)17(11)24-8-12-13(20)3-2-4-14(12)21/h2-7,24H,8-9H2,1H3,(H2,22,23,27). The SMILES string of the molecule is CC1=CC2=C(NCc3c(F)cccc3F)C(c3ccnc(N)n3)=NCC2=N1. The number of allylic oxidation sites excluding steroid dienone is 3. The maximum atomic E-state index is 14.0. The number of nitrogens with zero attached hydrogens (tertiary/aromatic N) is 4. The smallest absolute Gasteiger partial charge is 0.220 e. The van der Waals surface area contributed by atoms with Gasteiger partial charge in [0.15, 0.2) is 0 Å². The van der Waals surface area contributed by atoms with Crippen molar-refractivity contribution in [3.63, 3.8) is 0 Å². The molecule has 1 aromatic carbocycles. The Bertz CT molecular complexity index is 1030. The first-order valence-corrected chi connectivity index (χ1v) is 8.34. The first-order chi connectivity index (χ1) is 13.0. The fraction of sp³-hybridized carbons (Fsp3) is 0.158. The van der Waals surface area contributed by atoms with E-state index in [9.17, 15) is 8.78 Å². The van der Waals surface area contributed by atoms with E-state index in [2.05, 4.69) is 25.3 Å². The number of nitrogens with two attached hydrogens (primary N) is 1. The predicted molar refractivity (Wildman–Crippen MR) is 99.3 cm³/mol. The van der Waals surface area contributed by atoms with Crippen LogP contribution in [0.4, 0.5) is 14.7 Å². The molecule has 3 heterocycles. The summed E-state index contributed by atoms with van der Waals surface area (Å²) in [5, 5.41) is 3.12. The summed E-state index contributed by atoms with van der Waals surface area (Å²) in [5.74, 6) is -1.10. The van der Waals surface area contributed by atoms with E-state index in [-0.39, 0.29) is 18.1 Å². The van der Waals surface area contributed by atoms with Crippen LogP contribution >= 0.6 is 0 Å². The number of dihydropyridines is 1. The van der Waals surface area contributed by atoms with Gasteiger partial charge in [-0.05, 0) is 31.2 Å². The zero-order valence-corrected chi connectivity index (χ0v) is 14.5. The van der Waals surface area contributed by atoms with Crippen LogP contribution in [0.3, 0.4) is 0 Å². The molecule has 0 bridgehead atoms. The molecule has 0 aliphatic carbocycles. The predicted octanol–water partition coefficient (Wildman–Crippen LogP) is 2.54. The van der Waals surface area contributed by atoms with Crippen molar-refractivity contribution in [2.45, 2.75) is 13.5 Å². The monoisotopic (exact) mass is 366 g/mol. The van der Waals surface area contributed by atoms with Crippen LogP contribution in [0.25, 0.3) is 0 Å². The molecular formula is C19H16F2N6. The third kappa shape index (κ3) is 3.21. The van der Waals surface area contributed by atoms with Gasteiger partial charge in [-0.25, -0.2) is 18.7 Å². The third-order valence-corrected chi connectivity index (χ3v) is 4.29. The van der Waals surface area contributed by atoms with Gasteiger partial charge in [-0.3, -0.25) is 9.98 Å². The zero-order chi connectivity index (χ0) is 19.0. The molecule has 0 atom stereocenters. The fourth-order valence-corrected chi connectivity index (χ4v) is 3.07. The lowest BCUT2D eigenvalue weighted by atomic mass is 10.00. The first-order valence-electron chi connectivity index (χ1n) is 8.34. The minimum absolute atomic E-state index is 0.0446. The highest BCUT2D eigenvalue weighted by Gasteiger charge is 2.26. The van der Waals surface area contributed by atoms with Gasteiger partial charge in [0.2, 0.25) is 5.95 Å². The van der Waals surface area contributed by atoms with Gasteiger partial charge in [0.1, 0.15) is 17.3 Å². The van der Waals surface area contributed by atoms with Gasteiger partial charge in [-0.15, -0.1) is 0 Å². The van der Waals surface area contributed by atoms with Crippen LogP contribution in [0.1, 0.15) is 18.2 Å². The van der Waals surface area contributed by atoms with Crippen molar-refractivity contribution in [2.24, 2.45) is 9.98 Å². The average molecular weight is 366 g/mol. The lowest BCUT2D eigenvalue weighted by molar-refractivity contribution is 0.547. The summed E-state index contributed by atoms with van der Waals surface area (Å²) in [6.07, 6.45) is 3.45. The van der Waals surface area contributed by atoms with Gasteiger partial charge in [-0.1, -0.05) is 6.07 Å². The summed E-state index contributed by atoms with van der Waals surface area (Å²) in [5.41, 5.74) is 9.83. The van der Waals surface area contributed by atoms with Crippen molar-refractivity contribution in [1.29, 1.82) is 0 Å². The normalized spacial score (nSPS) is 15.9. The van der Waals surface area contributed by atoms with E-state index < -0.39 is 11.6 Å². The molecule has 0 saturated carbocycles. The largest absolute Gasteiger partial charge is 0.378 e. The van der Waals surface area contributed by atoms with Crippen LogP contribution in [-0.2, 0) is 6.54 Å². The first kappa shape index (κ1) is 17.0. The van der Waals surface area contributed by atoms with Gasteiger partial charge in [0.05, 0.1) is 23.6 Å². The van der Waals surface area contributed by atoms with Crippen LogP contribution in [-0.4, -0.2) is 27.9 Å². The number of fused-ring (bicyclic) bond motifs is 1. The van der Waals surface area contributed by atoms with E-state index >= 15 is 0 Å². The Kier molecular flexibility index (Phi) is 4.23. The van der Waals surface area contributed by atoms with E-state index in [1.165, 1.54) is 18.2 Å². The Morgan fingerprint density at radius 1 is 1.19 bits per heavy atom. The van der Waals surface area contributed by atoms with Crippen LogP contribution in [0, 0.1) is 11.6 Å².